The molecule has 32 heavy (non-hydrogen) atoms. The van der Waals surface area contributed by atoms with Gasteiger partial charge in [-0.1, -0.05) is 0 Å². The number of rotatable bonds is 4. The molecule has 1 saturated heterocycles. The summed E-state index contributed by atoms with van der Waals surface area (Å²) in [6, 6.07) is 0. The fourth-order valence-corrected chi connectivity index (χ4v) is 2.65. The average Bonchev–Trinajstić information content (AvgIpc) is 3.01. The molecule has 22 heteroatoms. The van der Waals surface area contributed by atoms with Crippen molar-refractivity contribution in [1.82, 2.24) is 19.5 Å². The van der Waals surface area contributed by atoms with Crippen LogP contribution in [0.15, 0.2) is 12.7 Å². The van der Waals surface area contributed by atoms with Crippen molar-refractivity contribution in [2.75, 3.05) is 12.3 Å². The van der Waals surface area contributed by atoms with Crippen molar-refractivity contribution in [2.45, 2.75) is 24.5 Å². The maximum absolute atomic E-state index is 10.5. The van der Waals surface area contributed by atoms with E-state index in [1.165, 1.54) is 17.2 Å². The largest absolute Gasteiger partial charge is 2.00 e. The van der Waals surface area contributed by atoms with Gasteiger partial charge < -0.3 is 83.4 Å². The monoisotopic (exact) mass is 627 g/mol. The van der Waals surface area contributed by atoms with Crippen LogP contribution in [0.1, 0.15) is 6.23 Å². The summed E-state index contributed by atoms with van der Waals surface area (Å²) in [5, 5.41) is 20.0. The number of nitrogens with two attached hydrogens (primary N) is 1. The number of nitrogen functional groups attached to an aromatic ring is 1. The van der Waals surface area contributed by atoms with Crippen LogP contribution in [-0.4, -0.2) is 147 Å². The van der Waals surface area contributed by atoms with Gasteiger partial charge in [0.05, 0.1) is 20.8 Å². The Hall–Kier alpha value is -0.409. The topological polar surface area (TPSA) is 444 Å². The van der Waals surface area contributed by atoms with E-state index in [2.05, 4.69) is 19.5 Å². The van der Waals surface area contributed by atoms with E-state index in [0.717, 1.165) is 0 Å². The maximum Gasteiger partial charge on any atom is 2.00 e. The Morgan fingerprint density at radius 1 is 1.03 bits per heavy atom. The number of hydrogen-bond donors (Lipinski definition) is 3. The van der Waals surface area contributed by atoms with E-state index in [4.69, 9.17) is 10.5 Å². The molecule has 3 heterocycles. The van der Waals surface area contributed by atoms with Crippen LogP contribution < -0.4 is 15.5 Å². The quantitative estimate of drug-likeness (QED) is 0.211. The molecule has 0 saturated carbocycles. The number of ether oxygens (including phenoxy) is 1. The second-order valence-corrected chi connectivity index (χ2v) is 6.02. The molecule has 0 unspecified atom stereocenters. The third-order valence-corrected chi connectivity index (χ3v) is 3.86. The Kier molecular flexibility index (Phi) is 29.0. The van der Waals surface area contributed by atoms with Gasteiger partial charge in [0.15, 0.2) is 17.7 Å². The number of fused-ring (bicyclic) bond motifs is 1. The zero-order valence-electron chi connectivity index (χ0n) is 16.1. The van der Waals surface area contributed by atoms with E-state index < -0.39 is 39.0 Å². The van der Waals surface area contributed by atoms with Crippen LogP contribution in [0.2, 0.25) is 0 Å². The molecule has 0 radical (unpaired) electrons. The Balaban J connectivity index is -0.000000139. The van der Waals surface area contributed by atoms with Crippen molar-refractivity contribution < 1.29 is 77.6 Å². The molecule has 0 aliphatic carbocycles. The standard InChI is InChI=1S/C10H14N5O7P.Ba.8H2O/c11-8-5-9(13-2-12-8)15(3-14-5)10-7(17)6(16)4(22-10)1-21-23(18,19)20;;;;;;;;;/h2-4,6-7,10,16-17H,1H2,(H2,11,12,13)(H2,18,19,20);;8*1H2/q;+2;;;;;;;;/p-2/t4-,6-,7-,10-;;;;;;;;;/m1........./s1. The van der Waals surface area contributed by atoms with Gasteiger partial charge in [-0.3, -0.25) is 4.57 Å². The summed E-state index contributed by atoms with van der Waals surface area (Å²) in [5.41, 5.74) is 6.19. The molecule has 1 aliphatic heterocycles. The molecule has 2 aromatic heterocycles. The molecule has 2 aromatic rings. The third kappa shape index (κ3) is 10.2. The van der Waals surface area contributed by atoms with Gasteiger partial charge in [-0.05, 0) is 0 Å². The molecular weight excluding hydrogens is 598 g/mol. The fraction of sp³-hybridized carbons (Fsp3) is 0.500. The fourth-order valence-electron chi connectivity index (χ4n) is 2.32. The molecule has 0 aromatic carbocycles. The Labute approximate surface area is 219 Å². The zero-order chi connectivity index (χ0) is 16.8. The van der Waals surface area contributed by atoms with Crippen LogP contribution in [0.3, 0.4) is 0 Å². The Morgan fingerprint density at radius 3 is 2.06 bits per heavy atom. The van der Waals surface area contributed by atoms with Gasteiger partial charge in [0, 0.05) is 0 Å². The van der Waals surface area contributed by atoms with Crippen molar-refractivity contribution in [2.24, 2.45) is 0 Å². The van der Waals surface area contributed by atoms with Gasteiger partial charge in [0.25, 0.3) is 0 Å². The summed E-state index contributed by atoms with van der Waals surface area (Å²) >= 11 is 0. The van der Waals surface area contributed by atoms with E-state index in [9.17, 15) is 24.6 Å². The predicted octanol–water partition coefficient (Wildman–Crippen LogP) is -10.1. The zero-order valence-corrected chi connectivity index (χ0v) is 21.5. The van der Waals surface area contributed by atoms with E-state index >= 15 is 0 Å². The molecule has 20 nitrogen and oxygen atoms in total. The molecule has 0 bridgehead atoms. The third-order valence-electron chi connectivity index (χ3n) is 3.40. The number of anilines is 1. The summed E-state index contributed by atoms with van der Waals surface area (Å²) in [5.74, 6) is 0.125. The Morgan fingerprint density at radius 2 is 1.56 bits per heavy atom. The van der Waals surface area contributed by atoms with Crippen LogP contribution in [0.5, 0.6) is 0 Å². The molecule has 20 N–H and O–H groups in total. The molecule has 1 fully saturated rings. The summed E-state index contributed by atoms with van der Waals surface area (Å²) in [6.45, 7) is -0.719. The van der Waals surface area contributed by atoms with E-state index in [0.29, 0.717) is 0 Å². The minimum absolute atomic E-state index is 0. The number of aromatic nitrogens is 4. The van der Waals surface area contributed by atoms with E-state index in [-0.39, 0.29) is 110 Å². The van der Waals surface area contributed by atoms with Crippen molar-refractivity contribution in [3.8, 4) is 0 Å². The number of hydrogen-bond acceptors (Lipinski definition) is 11. The van der Waals surface area contributed by atoms with Gasteiger partial charge >= 0.3 is 48.9 Å². The van der Waals surface area contributed by atoms with Crippen molar-refractivity contribution in [3.63, 3.8) is 0 Å². The molecule has 3 rings (SSSR count). The van der Waals surface area contributed by atoms with Crippen LogP contribution in [-0.2, 0) is 13.8 Å². The summed E-state index contributed by atoms with van der Waals surface area (Å²) < 4.78 is 21.3. The number of aliphatic hydroxyl groups excluding tert-OH is 2. The van der Waals surface area contributed by atoms with Crippen molar-refractivity contribution >= 4 is 73.7 Å². The van der Waals surface area contributed by atoms with Gasteiger partial charge in [0.1, 0.15) is 30.2 Å². The Bertz CT molecular complexity index is 780. The first kappa shape index (κ1) is 48.9. The number of imidazole rings is 1. The molecule has 190 valence electrons. The van der Waals surface area contributed by atoms with Crippen LogP contribution >= 0.6 is 7.82 Å². The van der Waals surface area contributed by atoms with Crippen molar-refractivity contribution in [3.05, 3.63) is 12.7 Å². The normalized spacial score (nSPS) is 20.5. The van der Waals surface area contributed by atoms with Crippen LogP contribution in [0.4, 0.5) is 5.82 Å². The van der Waals surface area contributed by atoms with E-state index in [1.54, 1.807) is 0 Å². The predicted molar refractivity (Wildman–Crippen MR) is 104 cm³/mol. The number of phosphoric ester groups is 1. The molecule has 0 amide bonds. The molecule has 4 atom stereocenters. The molecule has 1 aliphatic rings. The summed E-state index contributed by atoms with van der Waals surface area (Å²) in [4.78, 5) is 32.8. The minimum atomic E-state index is -5.22. The summed E-state index contributed by atoms with van der Waals surface area (Å²) in [6.07, 6.45) is -2.75. The maximum atomic E-state index is 10.5. The van der Waals surface area contributed by atoms with Crippen LogP contribution in [0, 0.1) is 0 Å². The minimum Gasteiger partial charge on any atom is -0.790 e. The summed E-state index contributed by atoms with van der Waals surface area (Å²) in [7, 11) is -5.22. The first-order valence-corrected chi connectivity index (χ1v) is 7.85. The van der Waals surface area contributed by atoms with Crippen LogP contribution in [0.25, 0.3) is 11.2 Å². The smallest absolute Gasteiger partial charge is 0.790 e. The van der Waals surface area contributed by atoms with Gasteiger partial charge in [0.2, 0.25) is 0 Å². The molecular formula is C10H28BaN5O15P. The van der Waals surface area contributed by atoms with Gasteiger partial charge in [-0.25, -0.2) is 15.0 Å². The first-order chi connectivity index (χ1) is 10.8. The number of nitrogens with zero attached hydrogens (tertiary/aromatic N) is 4. The molecule has 0 spiro atoms. The van der Waals surface area contributed by atoms with Gasteiger partial charge in [-0.15, -0.1) is 0 Å². The van der Waals surface area contributed by atoms with Crippen molar-refractivity contribution in [1.29, 1.82) is 0 Å². The number of phosphoric acid groups is 1. The second-order valence-electron chi connectivity index (χ2n) is 4.87. The number of aliphatic hydroxyl groups is 2. The SMILES string of the molecule is Nc1ncnc2c1ncn2[C@@H]1O[C@H](COP(=O)([O-])[O-])[C@@H](O)[C@H]1O.O.O.O.O.O.O.O.O.[Ba+2]. The second kappa shape index (κ2) is 19.0. The van der Waals surface area contributed by atoms with E-state index in [1.807, 2.05) is 0 Å². The average molecular weight is 627 g/mol. The van der Waals surface area contributed by atoms with Gasteiger partial charge in [-0.2, -0.15) is 0 Å². The first-order valence-electron chi connectivity index (χ1n) is 6.39.